The molecular weight excluding hydrogens is 482 g/mol. The number of aromatic nitrogens is 3. The first-order valence-corrected chi connectivity index (χ1v) is 12.0. The maximum Gasteiger partial charge on any atom is 0.282 e. The maximum atomic E-state index is 12.9. The predicted octanol–water partition coefficient (Wildman–Crippen LogP) is 5.68. The molecule has 0 bridgehead atoms. The molecule has 174 valence electrons. The summed E-state index contributed by atoms with van der Waals surface area (Å²) in [5.41, 5.74) is 2.87. The third-order valence-electron chi connectivity index (χ3n) is 5.60. The van der Waals surface area contributed by atoms with Gasteiger partial charge in [-0.3, -0.25) is 14.7 Å². The van der Waals surface area contributed by atoms with Crippen molar-refractivity contribution in [1.29, 1.82) is 0 Å². The molecule has 5 rings (SSSR count). The normalized spacial score (nSPS) is 11.9. The molecule has 1 atom stereocenters. The fourth-order valence-electron chi connectivity index (χ4n) is 3.94. The lowest BCUT2D eigenvalue weighted by Crippen LogP contribution is -2.16. The van der Waals surface area contributed by atoms with Gasteiger partial charge in [0.2, 0.25) is 11.4 Å². The first-order valence-electron chi connectivity index (χ1n) is 10.8. The predicted molar refractivity (Wildman–Crippen MR) is 138 cm³/mol. The van der Waals surface area contributed by atoms with Crippen LogP contribution in [0.2, 0.25) is 5.02 Å². The molecule has 0 aliphatic carbocycles. The fraction of sp³-hybridized carbons (Fsp3) is 0.0370. The van der Waals surface area contributed by atoms with Gasteiger partial charge < -0.3 is 10.1 Å². The van der Waals surface area contributed by atoms with Gasteiger partial charge in [0.05, 0.1) is 5.02 Å². The van der Waals surface area contributed by atoms with Crippen LogP contribution in [0.4, 0.5) is 0 Å². The Morgan fingerprint density at radius 3 is 2.31 bits per heavy atom. The summed E-state index contributed by atoms with van der Waals surface area (Å²) < 4.78 is 1.48. The molecule has 0 spiro atoms. The molecule has 3 aromatic carbocycles. The summed E-state index contributed by atoms with van der Waals surface area (Å²) in [5, 5.41) is 14.5. The van der Waals surface area contributed by atoms with E-state index in [0.717, 1.165) is 34.0 Å². The number of hydrogen-bond donors (Lipinski definition) is 3. The molecule has 0 saturated carbocycles. The van der Waals surface area contributed by atoms with E-state index in [1.165, 1.54) is 10.7 Å². The Kier molecular flexibility index (Phi) is 6.35. The highest BCUT2D eigenvalue weighted by Gasteiger charge is 2.25. The summed E-state index contributed by atoms with van der Waals surface area (Å²) in [6, 6.07) is 27.3. The average Bonchev–Trinajstić information content (AvgIpc) is 3.15. The van der Waals surface area contributed by atoms with Crippen molar-refractivity contribution in [1.82, 2.24) is 14.8 Å². The van der Waals surface area contributed by atoms with E-state index < -0.39 is 11.6 Å². The van der Waals surface area contributed by atoms with Crippen LogP contribution in [-0.4, -0.2) is 19.9 Å². The van der Waals surface area contributed by atoms with Gasteiger partial charge in [0.15, 0.2) is 0 Å². The third-order valence-corrected chi connectivity index (χ3v) is 7.19. The minimum Gasteiger partial charge on any atom is -0.493 e. The van der Waals surface area contributed by atoms with Gasteiger partial charge >= 0.3 is 0 Å². The molecule has 0 radical (unpaired) electrons. The minimum atomic E-state index is -0.507. The van der Waals surface area contributed by atoms with E-state index >= 15 is 0 Å². The second kappa shape index (κ2) is 9.74. The molecule has 0 aliphatic heterocycles. The SMILES string of the molecule is O=c1ccc(-c2cccc(C(c3ccccc3)n3[nH]c(=O)c(Sc4ccccc4Cl)c3O)c2)c[nH]1. The Bertz CT molecular complexity index is 1590. The van der Waals surface area contributed by atoms with Gasteiger partial charge in [-0.2, -0.15) is 0 Å². The van der Waals surface area contributed by atoms with Gasteiger partial charge in [0.1, 0.15) is 10.9 Å². The molecule has 0 fully saturated rings. The summed E-state index contributed by atoms with van der Waals surface area (Å²) in [4.78, 5) is 28.0. The van der Waals surface area contributed by atoms with Gasteiger partial charge in [-0.1, -0.05) is 84.0 Å². The van der Waals surface area contributed by atoms with Crippen LogP contribution < -0.4 is 11.1 Å². The van der Waals surface area contributed by atoms with Crippen LogP contribution in [0.15, 0.2) is 117 Å². The quantitative estimate of drug-likeness (QED) is 0.279. The third kappa shape index (κ3) is 4.69. The zero-order valence-electron chi connectivity index (χ0n) is 18.3. The molecule has 35 heavy (non-hydrogen) atoms. The number of hydrogen-bond acceptors (Lipinski definition) is 4. The molecule has 1 unspecified atom stereocenters. The van der Waals surface area contributed by atoms with Crippen LogP contribution in [0.25, 0.3) is 11.1 Å². The number of nitrogens with zero attached hydrogens (tertiary/aromatic N) is 1. The molecule has 3 N–H and O–H groups in total. The smallest absolute Gasteiger partial charge is 0.282 e. The molecule has 2 aromatic heterocycles. The van der Waals surface area contributed by atoms with E-state index in [-0.39, 0.29) is 16.3 Å². The van der Waals surface area contributed by atoms with Crippen LogP contribution >= 0.6 is 23.4 Å². The Labute approximate surface area is 209 Å². The number of aromatic amines is 2. The number of halogens is 1. The average molecular weight is 502 g/mol. The van der Waals surface area contributed by atoms with Crippen molar-refractivity contribution in [2.45, 2.75) is 15.8 Å². The lowest BCUT2D eigenvalue weighted by atomic mass is 9.95. The van der Waals surface area contributed by atoms with Gasteiger partial charge in [0, 0.05) is 17.2 Å². The molecule has 8 heteroatoms. The Balaban J connectivity index is 1.63. The highest BCUT2D eigenvalue weighted by molar-refractivity contribution is 7.99. The van der Waals surface area contributed by atoms with Gasteiger partial charge in [-0.25, -0.2) is 4.68 Å². The molecule has 2 heterocycles. The van der Waals surface area contributed by atoms with E-state index in [1.807, 2.05) is 66.7 Å². The maximum absolute atomic E-state index is 12.9. The topological polar surface area (TPSA) is 90.9 Å². The molecule has 0 aliphatic rings. The largest absolute Gasteiger partial charge is 0.493 e. The second-order valence-electron chi connectivity index (χ2n) is 7.88. The number of pyridine rings is 1. The fourth-order valence-corrected chi connectivity index (χ4v) is 5.06. The molecule has 5 aromatic rings. The summed E-state index contributed by atoms with van der Waals surface area (Å²) in [5.74, 6) is -0.178. The van der Waals surface area contributed by atoms with Crippen molar-refractivity contribution >= 4 is 23.4 Å². The number of benzene rings is 3. The Hall–Kier alpha value is -3.94. The van der Waals surface area contributed by atoms with Crippen LogP contribution in [0.3, 0.4) is 0 Å². The van der Waals surface area contributed by atoms with Crippen molar-refractivity contribution < 1.29 is 5.11 Å². The van der Waals surface area contributed by atoms with Crippen LogP contribution in [0.1, 0.15) is 17.2 Å². The van der Waals surface area contributed by atoms with Crippen LogP contribution in [-0.2, 0) is 0 Å². The van der Waals surface area contributed by atoms with Crippen molar-refractivity contribution in [2.75, 3.05) is 0 Å². The summed E-state index contributed by atoms with van der Waals surface area (Å²) >= 11 is 7.40. The monoisotopic (exact) mass is 501 g/mol. The lowest BCUT2D eigenvalue weighted by Gasteiger charge is -2.21. The summed E-state index contributed by atoms with van der Waals surface area (Å²) in [6.07, 6.45) is 1.66. The first-order chi connectivity index (χ1) is 17.0. The number of nitrogens with one attached hydrogen (secondary N) is 2. The van der Waals surface area contributed by atoms with Gasteiger partial charge in [-0.05, 0) is 46.5 Å². The van der Waals surface area contributed by atoms with E-state index in [1.54, 1.807) is 24.4 Å². The van der Waals surface area contributed by atoms with Crippen molar-refractivity contribution in [2.24, 2.45) is 0 Å². The van der Waals surface area contributed by atoms with Crippen LogP contribution in [0, 0.1) is 0 Å². The van der Waals surface area contributed by atoms with E-state index in [2.05, 4.69) is 10.1 Å². The van der Waals surface area contributed by atoms with E-state index in [0.29, 0.717) is 9.92 Å². The molecule has 6 nitrogen and oxygen atoms in total. The van der Waals surface area contributed by atoms with Crippen molar-refractivity contribution in [3.8, 4) is 17.0 Å². The zero-order chi connectivity index (χ0) is 24.4. The van der Waals surface area contributed by atoms with Crippen LogP contribution in [0.5, 0.6) is 5.88 Å². The van der Waals surface area contributed by atoms with Gasteiger partial charge in [0.25, 0.3) is 5.56 Å². The molecule has 0 saturated heterocycles. The van der Waals surface area contributed by atoms with E-state index in [9.17, 15) is 14.7 Å². The zero-order valence-corrected chi connectivity index (χ0v) is 19.9. The lowest BCUT2D eigenvalue weighted by molar-refractivity contribution is 0.384. The standard InChI is InChI=1S/C27H20ClN3O3S/c28-21-11-4-5-12-22(21)35-25-26(33)30-31(27(25)34)24(17-7-2-1-3-8-17)19-10-6-9-18(15-19)20-13-14-23(32)29-16-20/h1-16,24,34H,(H,29,32)(H,30,33). The van der Waals surface area contributed by atoms with Gasteiger partial charge in [-0.15, -0.1) is 0 Å². The summed E-state index contributed by atoms with van der Waals surface area (Å²) in [6.45, 7) is 0. The highest BCUT2D eigenvalue weighted by atomic mass is 35.5. The second-order valence-corrected chi connectivity index (χ2v) is 9.34. The van der Waals surface area contributed by atoms with Crippen molar-refractivity contribution in [3.63, 3.8) is 0 Å². The minimum absolute atomic E-state index is 0.163. The number of rotatable bonds is 6. The van der Waals surface area contributed by atoms with E-state index in [4.69, 9.17) is 11.6 Å². The number of H-pyrrole nitrogens is 2. The summed E-state index contributed by atoms with van der Waals surface area (Å²) in [7, 11) is 0. The van der Waals surface area contributed by atoms with Crippen molar-refractivity contribution in [3.05, 3.63) is 134 Å². The molecule has 0 amide bonds. The first kappa shape index (κ1) is 22.8. The molecular formula is C27H20ClN3O3S. The highest BCUT2D eigenvalue weighted by Crippen LogP contribution is 2.39. The number of aromatic hydroxyl groups is 1. The Morgan fingerprint density at radius 2 is 1.57 bits per heavy atom. The Morgan fingerprint density at radius 1 is 0.829 bits per heavy atom.